The topological polar surface area (TPSA) is 96.0 Å². The fourth-order valence-corrected chi connectivity index (χ4v) is 4.52. The van der Waals surface area contributed by atoms with Crippen LogP contribution in [0.5, 0.6) is 0 Å². The van der Waals surface area contributed by atoms with Crippen LogP contribution in [0.1, 0.15) is 41.1 Å². The predicted octanol–water partition coefficient (Wildman–Crippen LogP) is 3.94. The monoisotopic (exact) mass is 431 g/mol. The number of nitrogens with zero attached hydrogens (tertiary/aromatic N) is 1. The molecule has 28 heavy (non-hydrogen) atoms. The molecule has 10 heteroatoms. The van der Waals surface area contributed by atoms with E-state index in [-0.39, 0.29) is 17.3 Å². The molecule has 3 N–H and O–H groups in total. The third-order valence-corrected chi connectivity index (χ3v) is 5.98. The van der Waals surface area contributed by atoms with Crippen molar-refractivity contribution in [3.05, 3.63) is 58.7 Å². The molecule has 0 heterocycles. The number of nitriles is 1. The van der Waals surface area contributed by atoms with E-state index in [0.717, 1.165) is 36.1 Å². The molecule has 0 radical (unpaired) electrons. The van der Waals surface area contributed by atoms with Crippen LogP contribution in [0, 0.1) is 11.3 Å². The minimum atomic E-state index is -4.73. The molecule has 0 aliphatic heterocycles. The first-order chi connectivity index (χ1) is 12.6. The van der Waals surface area contributed by atoms with E-state index in [4.69, 9.17) is 11.0 Å². The highest BCUT2D eigenvalue weighted by molar-refractivity contribution is 7.89. The van der Waals surface area contributed by atoms with Crippen molar-refractivity contribution < 1.29 is 21.6 Å². The summed E-state index contributed by atoms with van der Waals surface area (Å²) in [7, 11) is -4.11. The van der Waals surface area contributed by atoms with Crippen molar-refractivity contribution in [3.8, 4) is 6.07 Å². The van der Waals surface area contributed by atoms with Crippen molar-refractivity contribution in [1.29, 1.82) is 5.26 Å². The van der Waals surface area contributed by atoms with E-state index in [9.17, 15) is 21.6 Å². The van der Waals surface area contributed by atoms with E-state index >= 15 is 0 Å². The number of nitrogen functional groups attached to an aromatic ring is 1. The Morgan fingerprint density at radius 3 is 2.54 bits per heavy atom. The number of fused-ring (bicyclic) bond motifs is 1. The number of aryl methyl sites for hydroxylation is 1. The molecule has 150 valence electrons. The number of benzene rings is 2. The Morgan fingerprint density at radius 2 is 1.89 bits per heavy atom. The Labute approximate surface area is 166 Å². The van der Waals surface area contributed by atoms with Gasteiger partial charge in [-0.25, -0.2) is 13.1 Å². The van der Waals surface area contributed by atoms with Crippen LogP contribution in [0.15, 0.2) is 41.3 Å². The molecule has 1 aliphatic rings. The molecule has 1 aliphatic carbocycles. The first-order valence-corrected chi connectivity index (χ1v) is 9.62. The van der Waals surface area contributed by atoms with Gasteiger partial charge in [0.05, 0.1) is 22.1 Å². The zero-order chi connectivity index (χ0) is 19.8. The van der Waals surface area contributed by atoms with Crippen molar-refractivity contribution in [3.63, 3.8) is 0 Å². The quantitative estimate of drug-likeness (QED) is 0.719. The van der Waals surface area contributed by atoms with Gasteiger partial charge in [-0.15, -0.1) is 12.4 Å². The van der Waals surface area contributed by atoms with Crippen molar-refractivity contribution in [2.45, 2.75) is 36.4 Å². The van der Waals surface area contributed by atoms with Crippen molar-refractivity contribution in [1.82, 2.24) is 4.72 Å². The van der Waals surface area contributed by atoms with Gasteiger partial charge in [-0.2, -0.15) is 18.4 Å². The molecule has 5 nitrogen and oxygen atoms in total. The maximum atomic E-state index is 12.9. The highest BCUT2D eigenvalue weighted by Crippen LogP contribution is 2.34. The average molecular weight is 432 g/mol. The van der Waals surface area contributed by atoms with E-state index in [1.165, 1.54) is 6.07 Å². The lowest BCUT2D eigenvalue weighted by Gasteiger charge is -2.26. The summed E-state index contributed by atoms with van der Waals surface area (Å²) in [4.78, 5) is -0.380. The number of anilines is 1. The van der Waals surface area contributed by atoms with E-state index in [1.807, 2.05) is 0 Å². The Bertz CT molecular complexity index is 1030. The average Bonchev–Trinajstić information content (AvgIpc) is 2.60. The maximum absolute atomic E-state index is 12.9. The van der Waals surface area contributed by atoms with Crippen LogP contribution in [0.25, 0.3) is 0 Å². The number of hydrogen-bond acceptors (Lipinski definition) is 4. The second kappa shape index (κ2) is 7.99. The fraction of sp³-hybridized carbons (Fsp3) is 0.278. The Balaban J connectivity index is 0.00000280. The Kier molecular flexibility index (Phi) is 6.28. The van der Waals surface area contributed by atoms with Gasteiger partial charge in [-0.1, -0.05) is 6.07 Å². The lowest BCUT2D eigenvalue weighted by Crippen LogP contribution is -2.31. The third-order valence-electron chi connectivity index (χ3n) is 4.51. The van der Waals surface area contributed by atoms with Gasteiger partial charge in [-0.3, -0.25) is 0 Å². The molecule has 1 atom stereocenters. The number of hydrogen-bond donors (Lipinski definition) is 2. The SMILES string of the molecule is Cl.N#Cc1cc(S(=O)(=O)NC2CCCc3cc(N)ccc32)ccc1C(F)(F)F. The molecule has 2 aromatic rings. The van der Waals surface area contributed by atoms with Gasteiger partial charge in [0, 0.05) is 11.7 Å². The fourth-order valence-electron chi connectivity index (χ4n) is 3.24. The molecule has 0 fully saturated rings. The van der Waals surface area contributed by atoms with Crippen LogP contribution in [-0.2, 0) is 22.6 Å². The summed E-state index contributed by atoms with van der Waals surface area (Å²) in [6.45, 7) is 0. The maximum Gasteiger partial charge on any atom is 0.417 e. The lowest BCUT2D eigenvalue weighted by atomic mass is 9.88. The molecule has 0 saturated heterocycles. The number of nitrogens with one attached hydrogen (secondary N) is 1. The summed E-state index contributed by atoms with van der Waals surface area (Å²) in [6, 6.07) is 8.35. The first-order valence-electron chi connectivity index (χ1n) is 8.14. The summed E-state index contributed by atoms with van der Waals surface area (Å²) < 4.78 is 66.6. The van der Waals surface area contributed by atoms with E-state index in [1.54, 1.807) is 18.2 Å². The normalized spacial score (nSPS) is 16.6. The number of alkyl halides is 3. The van der Waals surface area contributed by atoms with Crippen LogP contribution in [0.3, 0.4) is 0 Å². The Hall–Kier alpha value is -2.28. The summed E-state index contributed by atoms with van der Waals surface area (Å²) in [5, 5.41) is 8.97. The second-order valence-corrected chi connectivity index (χ2v) is 8.06. The van der Waals surface area contributed by atoms with Gasteiger partial charge in [0.15, 0.2) is 0 Å². The highest BCUT2D eigenvalue weighted by atomic mass is 35.5. The van der Waals surface area contributed by atoms with E-state index < -0.39 is 33.4 Å². The number of sulfonamides is 1. The van der Waals surface area contributed by atoms with Crippen LogP contribution in [0.4, 0.5) is 18.9 Å². The number of rotatable bonds is 3. The molecule has 0 amide bonds. The zero-order valence-corrected chi connectivity index (χ0v) is 16.1. The van der Waals surface area contributed by atoms with Gasteiger partial charge in [0.25, 0.3) is 0 Å². The molecular weight excluding hydrogens is 415 g/mol. The van der Waals surface area contributed by atoms with Gasteiger partial charge in [0.1, 0.15) is 0 Å². The van der Waals surface area contributed by atoms with Crippen molar-refractivity contribution >= 4 is 28.1 Å². The largest absolute Gasteiger partial charge is 0.417 e. The predicted molar refractivity (Wildman–Crippen MR) is 100 cm³/mol. The minimum absolute atomic E-state index is 0. The molecular formula is C18H17ClF3N3O2S. The molecule has 2 aromatic carbocycles. The molecule has 0 spiro atoms. The Morgan fingerprint density at radius 1 is 1.18 bits per heavy atom. The summed E-state index contributed by atoms with van der Waals surface area (Å²) >= 11 is 0. The van der Waals surface area contributed by atoms with Crippen molar-refractivity contribution in [2.24, 2.45) is 0 Å². The smallest absolute Gasteiger partial charge is 0.399 e. The van der Waals surface area contributed by atoms with Crippen LogP contribution >= 0.6 is 12.4 Å². The minimum Gasteiger partial charge on any atom is -0.399 e. The van der Waals surface area contributed by atoms with Gasteiger partial charge >= 0.3 is 6.18 Å². The molecule has 0 bridgehead atoms. The molecule has 0 saturated carbocycles. The van der Waals surface area contributed by atoms with Gasteiger partial charge in [-0.05, 0) is 60.7 Å². The van der Waals surface area contributed by atoms with Crippen LogP contribution in [-0.4, -0.2) is 8.42 Å². The van der Waals surface area contributed by atoms with Gasteiger partial charge in [0.2, 0.25) is 10.0 Å². The summed E-state index contributed by atoms with van der Waals surface area (Å²) in [6.07, 6.45) is -2.65. The second-order valence-electron chi connectivity index (χ2n) is 6.34. The van der Waals surface area contributed by atoms with Gasteiger partial charge < -0.3 is 5.73 Å². The van der Waals surface area contributed by atoms with Crippen molar-refractivity contribution in [2.75, 3.05) is 5.73 Å². The molecule has 3 rings (SSSR count). The standard InChI is InChI=1S/C18H16F3N3O2S.ClH/c19-18(20,21)16-7-5-14(9-12(16)10-22)27(25,26)24-17-3-1-2-11-8-13(23)4-6-15(11)17;/h4-9,17,24H,1-3,23H2;1H. The number of nitrogens with two attached hydrogens (primary N) is 1. The summed E-state index contributed by atoms with van der Waals surface area (Å²) in [5.41, 5.74) is 6.19. The van der Waals surface area contributed by atoms with E-state index in [2.05, 4.69) is 4.72 Å². The molecule has 1 unspecified atom stereocenters. The summed E-state index contributed by atoms with van der Waals surface area (Å²) in [5.74, 6) is 0. The van der Waals surface area contributed by atoms with Crippen LogP contribution in [0.2, 0.25) is 0 Å². The highest BCUT2D eigenvalue weighted by Gasteiger charge is 2.34. The zero-order valence-electron chi connectivity index (χ0n) is 14.5. The first kappa shape index (κ1) is 22.0. The number of halogens is 4. The third kappa shape index (κ3) is 4.41. The lowest BCUT2D eigenvalue weighted by molar-refractivity contribution is -0.137. The van der Waals surface area contributed by atoms with E-state index in [0.29, 0.717) is 18.2 Å². The molecule has 0 aromatic heterocycles. The van der Waals surface area contributed by atoms with Crippen LogP contribution < -0.4 is 10.5 Å².